The van der Waals surface area contributed by atoms with Gasteiger partial charge in [0.2, 0.25) is 5.91 Å². The van der Waals surface area contributed by atoms with Crippen LogP contribution in [0.4, 0.5) is 5.69 Å². The summed E-state index contributed by atoms with van der Waals surface area (Å²) < 4.78 is 0. The number of amides is 2. The van der Waals surface area contributed by atoms with Gasteiger partial charge in [-0.25, -0.2) is 4.99 Å². The number of carbonyl (C=O) groups excluding carboxylic acids is 2. The number of hydrogen-bond acceptors (Lipinski definition) is 4. The number of aliphatic imine (C=N–C) groups is 1. The minimum Gasteiger partial charge on any atom is -0.352 e. The van der Waals surface area contributed by atoms with E-state index in [2.05, 4.69) is 12.2 Å². The van der Waals surface area contributed by atoms with Gasteiger partial charge in [0.25, 0.3) is 5.91 Å². The quantitative estimate of drug-likeness (QED) is 0.598. The molecule has 5 nitrogen and oxygen atoms in total. The lowest BCUT2D eigenvalue weighted by atomic mass is 10.2. The fraction of sp³-hybridized carbons (Fsp3) is 0.348. The maximum Gasteiger partial charge on any atom is 0.251 e. The second-order valence-electron chi connectivity index (χ2n) is 7.23. The third-order valence-electron chi connectivity index (χ3n) is 4.93. The molecule has 0 bridgehead atoms. The first-order valence-electron chi connectivity index (χ1n) is 10.1. The molecule has 1 fully saturated rings. The van der Waals surface area contributed by atoms with Gasteiger partial charge in [-0.05, 0) is 56.2 Å². The molecule has 7 heteroatoms. The average Bonchev–Trinajstić information content (AvgIpc) is 3.15. The van der Waals surface area contributed by atoms with E-state index in [1.165, 1.54) is 5.56 Å². The summed E-state index contributed by atoms with van der Waals surface area (Å²) >= 11 is 7.48. The number of amidine groups is 1. The zero-order valence-corrected chi connectivity index (χ0v) is 18.8. The van der Waals surface area contributed by atoms with Crippen LogP contribution in [-0.2, 0) is 4.79 Å². The predicted molar refractivity (Wildman–Crippen MR) is 125 cm³/mol. The molecular formula is C23H26ClN3O2S. The second kappa shape index (κ2) is 10.6. The zero-order valence-electron chi connectivity index (χ0n) is 17.2. The molecule has 1 aliphatic rings. The molecule has 1 atom stereocenters. The molecule has 0 unspecified atom stereocenters. The Kier molecular flexibility index (Phi) is 7.94. The molecule has 0 saturated carbocycles. The van der Waals surface area contributed by atoms with Gasteiger partial charge in [-0.15, -0.1) is 0 Å². The molecule has 1 aliphatic heterocycles. The van der Waals surface area contributed by atoms with Gasteiger partial charge in [-0.1, -0.05) is 48.0 Å². The number of thioether (sulfide) groups is 1. The topological polar surface area (TPSA) is 61.8 Å². The molecule has 2 aromatic carbocycles. The average molecular weight is 444 g/mol. The molecule has 0 radical (unpaired) electrons. The zero-order chi connectivity index (χ0) is 21.5. The monoisotopic (exact) mass is 443 g/mol. The van der Waals surface area contributed by atoms with E-state index in [4.69, 9.17) is 16.6 Å². The molecular weight excluding hydrogens is 418 g/mol. The molecule has 0 aromatic heterocycles. The van der Waals surface area contributed by atoms with Gasteiger partial charge in [0, 0.05) is 35.3 Å². The van der Waals surface area contributed by atoms with Crippen LogP contribution < -0.4 is 5.32 Å². The minimum absolute atomic E-state index is 0.0541. The molecule has 2 amide bonds. The number of halogens is 1. The van der Waals surface area contributed by atoms with Gasteiger partial charge in [-0.2, -0.15) is 0 Å². The van der Waals surface area contributed by atoms with Crippen molar-refractivity contribution in [3.05, 3.63) is 64.7 Å². The van der Waals surface area contributed by atoms with Crippen molar-refractivity contribution in [1.29, 1.82) is 0 Å². The number of rotatable bonds is 7. The van der Waals surface area contributed by atoms with Crippen LogP contribution in [-0.4, -0.2) is 40.2 Å². The highest BCUT2D eigenvalue weighted by molar-refractivity contribution is 8.14. The van der Waals surface area contributed by atoms with E-state index in [1.54, 1.807) is 36.0 Å². The second-order valence-corrected chi connectivity index (χ2v) is 8.66. The third-order valence-corrected chi connectivity index (χ3v) is 6.28. The van der Waals surface area contributed by atoms with Crippen molar-refractivity contribution in [3.8, 4) is 0 Å². The summed E-state index contributed by atoms with van der Waals surface area (Å²) in [6, 6.07) is 14.9. The fourth-order valence-electron chi connectivity index (χ4n) is 3.16. The summed E-state index contributed by atoms with van der Waals surface area (Å²) in [5.74, 6) is 0.752. The van der Waals surface area contributed by atoms with Crippen LogP contribution in [0.25, 0.3) is 0 Å². The molecule has 1 N–H and O–H groups in total. The molecule has 158 valence electrons. The van der Waals surface area contributed by atoms with Gasteiger partial charge < -0.3 is 5.32 Å². The normalized spacial score (nSPS) is 17.4. The van der Waals surface area contributed by atoms with Crippen LogP contribution in [0.5, 0.6) is 0 Å². The van der Waals surface area contributed by atoms with Crippen LogP contribution in [0, 0.1) is 6.92 Å². The Hall–Kier alpha value is -2.31. The summed E-state index contributed by atoms with van der Waals surface area (Å²) in [4.78, 5) is 31.6. The molecule has 3 rings (SSSR count). The lowest BCUT2D eigenvalue weighted by Crippen LogP contribution is -2.39. The SMILES string of the molecule is CC[C@H]1CSC(=Nc2ccc(C)cc2)N1C(=O)CCCNC(=O)c1ccc(Cl)cc1. The van der Waals surface area contributed by atoms with E-state index in [0.29, 0.717) is 30.0 Å². The van der Waals surface area contributed by atoms with E-state index in [9.17, 15) is 9.59 Å². The number of aryl methyl sites for hydroxylation is 1. The maximum atomic E-state index is 12.9. The Morgan fingerprint density at radius 1 is 1.17 bits per heavy atom. The maximum absolute atomic E-state index is 12.9. The molecule has 0 spiro atoms. The van der Waals surface area contributed by atoms with Crippen LogP contribution >= 0.6 is 23.4 Å². The van der Waals surface area contributed by atoms with E-state index < -0.39 is 0 Å². The van der Waals surface area contributed by atoms with Crippen molar-refractivity contribution in [2.45, 2.75) is 39.2 Å². The van der Waals surface area contributed by atoms with E-state index in [0.717, 1.165) is 23.0 Å². The molecule has 2 aromatic rings. The Bertz CT molecular complexity index is 913. The van der Waals surface area contributed by atoms with Crippen molar-refractivity contribution < 1.29 is 9.59 Å². The fourth-order valence-corrected chi connectivity index (χ4v) is 4.58. The van der Waals surface area contributed by atoms with Crippen molar-refractivity contribution in [2.24, 2.45) is 4.99 Å². The standard InChI is InChI=1S/C23H26ClN3O2S/c1-3-20-15-30-23(26-19-12-6-16(2)7-13-19)27(20)21(28)5-4-14-25-22(29)17-8-10-18(24)11-9-17/h6-13,20H,3-5,14-15H2,1-2H3,(H,25,29)/t20-/m0/s1. The summed E-state index contributed by atoms with van der Waals surface area (Å²) in [6.07, 6.45) is 1.83. The highest BCUT2D eigenvalue weighted by Gasteiger charge is 2.33. The van der Waals surface area contributed by atoms with Crippen LogP contribution in [0.1, 0.15) is 42.1 Å². The van der Waals surface area contributed by atoms with Gasteiger partial charge in [0.05, 0.1) is 5.69 Å². The number of hydrogen-bond donors (Lipinski definition) is 1. The first-order valence-corrected chi connectivity index (χ1v) is 11.5. The van der Waals surface area contributed by atoms with Gasteiger partial charge in [0.15, 0.2) is 5.17 Å². The first kappa shape index (κ1) is 22.4. The van der Waals surface area contributed by atoms with Crippen molar-refractivity contribution >= 4 is 46.0 Å². The van der Waals surface area contributed by atoms with Crippen LogP contribution in [0.3, 0.4) is 0 Å². The smallest absolute Gasteiger partial charge is 0.251 e. The van der Waals surface area contributed by atoms with Crippen molar-refractivity contribution in [2.75, 3.05) is 12.3 Å². The van der Waals surface area contributed by atoms with Gasteiger partial charge in [0.1, 0.15) is 0 Å². The van der Waals surface area contributed by atoms with Gasteiger partial charge >= 0.3 is 0 Å². The highest BCUT2D eigenvalue weighted by Crippen LogP contribution is 2.29. The Balaban J connectivity index is 1.55. The largest absolute Gasteiger partial charge is 0.352 e. The van der Waals surface area contributed by atoms with Crippen molar-refractivity contribution in [3.63, 3.8) is 0 Å². The molecule has 0 aliphatic carbocycles. The lowest BCUT2D eigenvalue weighted by Gasteiger charge is -2.23. The van der Waals surface area contributed by atoms with E-state index in [-0.39, 0.29) is 17.9 Å². The minimum atomic E-state index is -0.163. The predicted octanol–water partition coefficient (Wildman–Crippen LogP) is 5.20. The van der Waals surface area contributed by atoms with Crippen LogP contribution in [0.15, 0.2) is 53.5 Å². The summed E-state index contributed by atoms with van der Waals surface area (Å²) in [5.41, 5.74) is 2.59. The highest BCUT2D eigenvalue weighted by atomic mass is 35.5. The summed E-state index contributed by atoms with van der Waals surface area (Å²) in [5, 5.41) is 4.21. The summed E-state index contributed by atoms with van der Waals surface area (Å²) in [7, 11) is 0. The Labute approximate surface area is 186 Å². The van der Waals surface area contributed by atoms with Crippen LogP contribution in [0.2, 0.25) is 5.02 Å². The third kappa shape index (κ3) is 5.86. The molecule has 1 heterocycles. The number of nitrogens with one attached hydrogen (secondary N) is 1. The number of benzene rings is 2. The van der Waals surface area contributed by atoms with E-state index >= 15 is 0 Å². The molecule has 1 saturated heterocycles. The number of carbonyl (C=O) groups is 2. The Morgan fingerprint density at radius 2 is 1.87 bits per heavy atom. The van der Waals surface area contributed by atoms with Crippen molar-refractivity contribution in [1.82, 2.24) is 10.2 Å². The lowest BCUT2D eigenvalue weighted by molar-refractivity contribution is -0.128. The van der Waals surface area contributed by atoms with E-state index in [1.807, 2.05) is 36.1 Å². The van der Waals surface area contributed by atoms with Gasteiger partial charge in [-0.3, -0.25) is 14.5 Å². The summed E-state index contributed by atoms with van der Waals surface area (Å²) in [6.45, 7) is 4.57. The Morgan fingerprint density at radius 3 is 2.53 bits per heavy atom. The number of nitrogens with zero attached hydrogens (tertiary/aromatic N) is 2. The molecule has 30 heavy (non-hydrogen) atoms. The first-order chi connectivity index (χ1) is 14.5.